The topological polar surface area (TPSA) is 58.6 Å². The Bertz CT molecular complexity index is 416. The molecule has 1 aliphatic rings. The third-order valence-corrected chi connectivity index (χ3v) is 3.32. The van der Waals surface area contributed by atoms with Crippen LogP contribution in [0.15, 0.2) is 22.7 Å². The second-order valence-corrected chi connectivity index (χ2v) is 5.03. The average molecular weight is 300 g/mol. The van der Waals surface area contributed by atoms with Crippen LogP contribution in [0.4, 0.5) is 0 Å². The molecule has 0 aromatic heterocycles. The van der Waals surface area contributed by atoms with Crippen molar-refractivity contribution < 1.29 is 14.7 Å². The highest BCUT2D eigenvalue weighted by atomic mass is 79.9. The maximum atomic E-state index is 11.7. The van der Waals surface area contributed by atoms with E-state index in [1.807, 2.05) is 0 Å². The van der Waals surface area contributed by atoms with Crippen LogP contribution in [0.25, 0.3) is 0 Å². The number of nitrogens with one attached hydrogen (secondary N) is 1. The van der Waals surface area contributed by atoms with Gasteiger partial charge in [-0.1, -0.05) is 28.8 Å². The van der Waals surface area contributed by atoms with Crippen LogP contribution in [0.5, 0.6) is 5.75 Å². The minimum absolute atomic E-state index is 0.0631. The molecule has 4 nitrogen and oxygen atoms in total. The predicted molar refractivity (Wildman–Crippen MR) is 66.6 cm³/mol. The molecule has 0 aliphatic heterocycles. The lowest BCUT2D eigenvalue weighted by atomic mass is 10.2. The van der Waals surface area contributed by atoms with Crippen molar-refractivity contribution in [2.45, 2.75) is 31.8 Å². The summed E-state index contributed by atoms with van der Waals surface area (Å²) in [5.74, 6) is -0.478. The molecule has 1 aromatic carbocycles. The molecule has 2 rings (SSSR count). The Labute approximate surface area is 108 Å². The molecule has 0 radical (unpaired) electrons. The van der Waals surface area contributed by atoms with Crippen molar-refractivity contribution in [2.24, 2.45) is 0 Å². The zero-order valence-corrected chi connectivity index (χ0v) is 10.9. The van der Waals surface area contributed by atoms with Crippen LogP contribution < -0.4 is 5.48 Å². The van der Waals surface area contributed by atoms with Gasteiger partial charge in [0, 0.05) is 4.47 Å². The van der Waals surface area contributed by atoms with Crippen molar-refractivity contribution in [3.63, 3.8) is 0 Å². The summed E-state index contributed by atoms with van der Waals surface area (Å²) in [6, 6.07) is 4.72. The normalized spacial score (nSPS) is 16.1. The zero-order valence-electron chi connectivity index (χ0n) is 9.28. The number of carbonyl (C=O) groups excluding carboxylic acids is 1. The number of phenolic OH excluding ortho intramolecular Hbond substituents is 1. The lowest BCUT2D eigenvalue weighted by molar-refractivity contribution is -0.0126. The summed E-state index contributed by atoms with van der Waals surface area (Å²) in [6.45, 7) is 0. The van der Waals surface area contributed by atoms with Gasteiger partial charge in [-0.2, -0.15) is 0 Å². The maximum Gasteiger partial charge on any atom is 0.278 e. The van der Waals surface area contributed by atoms with E-state index in [1.54, 1.807) is 12.1 Å². The highest BCUT2D eigenvalue weighted by molar-refractivity contribution is 9.10. The summed E-state index contributed by atoms with van der Waals surface area (Å²) >= 11 is 3.22. The number of carbonyl (C=O) groups is 1. The second-order valence-electron chi connectivity index (χ2n) is 4.12. The molecule has 1 aromatic rings. The van der Waals surface area contributed by atoms with E-state index >= 15 is 0 Å². The number of hydrogen-bond donors (Lipinski definition) is 2. The third kappa shape index (κ3) is 3.20. The number of hydrogen-bond acceptors (Lipinski definition) is 3. The summed E-state index contributed by atoms with van der Waals surface area (Å²) in [4.78, 5) is 17.0. The van der Waals surface area contributed by atoms with Gasteiger partial charge in [0.2, 0.25) is 0 Å². The van der Waals surface area contributed by atoms with Crippen LogP contribution >= 0.6 is 15.9 Å². The number of hydroxylamine groups is 1. The molecule has 1 aliphatic carbocycles. The van der Waals surface area contributed by atoms with Crippen LogP contribution in [0.3, 0.4) is 0 Å². The number of halogens is 1. The molecule has 0 bridgehead atoms. The molecule has 0 heterocycles. The van der Waals surface area contributed by atoms with Crippen LogP contribution in [0.2, 0.25) is 0 Å². The Morgan fingerprint density at radius 2 is 2.12 bits per heavy atom. The highest BCUT2D eigenvalue weighted by Gasteiger charge is 2.18. The first-order valence-electron chi connectivity index (χ1n) is 5.61. The van der Waals surface area contributed by atoms with Gasteiger partial charge in [-0.25, -0.2) is 5.48 Å². The van der Waals surface area contributed by atoms with Crippen molar-refractivity contribution in [2.75, 3.05) is 0 Å². The van der Waals surface area contributed by atoms with Gasteiger partial charge in [-0.05, 0) is 31.0 Å². The standard InChI is InChI=1S/C12H14BrNO3/c13-8-5-6-10(11(15)7-8)12(16)14-17-9-3-1-2-4-9/h5-7,9,15H,1-4H2,(H,14,16). The summed E-state index contributed by atoms with van der Waals surface area (Å²) < 4.78 is 0.725. The van der Waals surface area contributed by atoms with Crippen LogP contribution in [-0.2, 0) is 4.84 Å². The number of benzene rings is 1. The maximum absolute atomic E-state index is 11.7. The molecule has 1 amide bonds. The highest BCUT2D eigenvalue weighted by Crippen LogP contribution is 2.23. The molecule has 2 N–H and O–H groups in total. The van der Waals surface area contributed by atoms with Gasteiger partial charge in [0.05, 0.1) is 11.7 Å². The van der Waals surface area contributed by atoms with E-state index in [9.17, 15) is 9.90 Å². The molecule has 0 atom stereocenters. The number of amides is 1. The van der Waals surface area contributed by atoms with Gasteiger partial charge in [-0.15, -0.1) is 0 Å². The molecule has 0 spiro atoms. The lowest BCUT2D eigenvalue weighted by Gasteiger charge is -2.11. The summed E-state index contributed by atoms with van der Waals surface area (Å²) in [5, 5.41) is 9.61. The monoisotopic (exact) mass is 299 g/mol. The summed E-state index contributed by atoms with van der Waals surface area (Å²) in [5.41, 5.74) is 2.60. The molecule has 92 valence electrons. The Kier molecular flexibility index (Phi) is 4.02. The van der Waals surface area contributed by atoms with Gasteiger partial charge in [0.1, 0.15) is 5.75 Å². The van der Waals surface area contributed by atoms with Gasteiger partial charge in [0.15, 0.2) is 0 Å². The largest absolute Gasteiger partial charge is 0.507 e. The van der Waals surface area contributed by atoms with Crippen molar-refractivity contribution in [3.8, 4) is 5.75 Å². The Morgan fingerprint density at radius 1 is 1.41 bits per heavy atom. The van der Waals surface area contributed by atoms with Crippen molar-refractivity contribution in [3.05, 3.63) is 28.2 Å². The van der Waals surface area contributed by atoms with E-state index in [0.717, 1.165) is 30.2 Å². The molecule has 17 heavy (non-hydrogen) atoms. The van der Waals surface area contributed by atoms with E-state index in [-0.39, 0.29) is 17.4 Å². The molecule has 1 fully saturated rings. The SMILES string of the molecule is O=C(NOC1CCCC1)c1ccc(Br)cc1O. The first-order chi connectivity index (χ1) is 8.16. The van der Waals surface area contributed by atoms with Gasteiger partial charge in [0.25, 0.3) is 5.91 Å². The fourth-order valence-electron chi connectivity index (χ4n) is 1.89. The fraction of sp³-hybridized carbons (Fsp3) is 0.417. The second kappa shape index (κ2) is 5.51. The van der Waals surface area contributed by atoms with Crippen molar-refractivity contribution in [1.82, 2.24) is 5.48 Å². The molecular weight excluding hydrogens is 286 g/mol. The van der Waals surface area contributed by atoms with E-state index in [0.29, 0.717) is 0 Å². The molecule has 0 saturated heterocycles. The molecular formula is C12H14BrNO3. The molecule has 5 heteroatoms. The van der Waals surface area contributed by atoms with Gasteiger partial charge >= 0.3 is 0 Å². The Balaban J connectivity index is 1.94. The van der Waals surface area contributed by atoms with E-state index < -0.39 is 5.91 Å². The minimum atomic E-state index is -0.415. The van der Waals surface area contributed by atoms with Crippen molar-refractivity contribution in [1.29, 1.82) is 0 Å². The predicted octanol–water partition coefficient (Wildman–Crippen LogP) is 2.76. The smallest absolute Gasteiger partial charge is 0.278 e. The van der Waals surface area contributed by atoms with E-state index in [4.69, 9.17) is 4.84 Å². The van der Waals surface area contributed by atoms with Crippen LogP contribution in [0, 0.1) is 0 Å². The number of aromatic hydroxyl groups is 1. The average Bonchev–Trinajstić information content (AvgIpc) is 2.78. The van der Waals surface area contributed by atoms with Gasteiger partial charge < -0.3 is 5.11 Å². The molecule has 1 saturated carbocycles. The fourth-order valence-corrected chi connectivity index (χ4v) is 2.24. The number of rotatable bonds is 3. The first kappa shape index (κ1) is 12.4. The first-order valence-corrected chi connectivity index (χ1v) is 6.40. The van der Waals surface area contributed by atoms with Crippen molar-refractivity contribution >= 4 is 21.8 Å². The quantitative estimate of drug-likeness (QED) is 0.844. The molecule has 0 unspecified atom stereocenters. The summed E-state index contributed by atoms with van der Waals surface area (Å²) in [7, 11) is 0. The van der Waals surface area contributed by atoms with E-state index in [1.165, 1.54) is 6.07 Å². The minimum Gasteiger partial charge on any atom is -0.507 e. The zero-order chi connectivity index (χ0) is 12.3. The Hall–Kier alpha value is -1.07. The van der Waals surface area contributed by atoms with Crippen LogP contribution in [-0.4, -0.2) is 17.1 Å². The Morgan fingerprint density at radius 3 is 2.76 bits per heavy atom. The third-order valence-electron chi connectivity index (χ3n) is 2.82. The van der Waals surface area contributed by atoms with E-state index in [2.05, 4.69) is 21.4 Å². The van der Waals surface area contributed by atoms with Gasteiger partial charge in [-0.3, -0.25) is 9.63 Å². The number of phenols is 1. The lowest BCUT2D eigenvalue weighted by Crippen LogP contribution is -2.28. The summed E-state index contributed by atoms with van der Waals surface area (Å²) in [6.07, 6.45) is 4.35. The van der Waals surface area contributed by atoms with Crippen LogP contribution in [0.1, 0.15) is 36.0 Å².